The average molecular weight is 278 g/mol. The van der Waals surface area contributed by atoms with E-state index in [1.165, 1.54) is 0 Å². The molecular formula is C17H14N2O2. The van der Waals surface area contributed by atoms with Crippen LogP contribution in [0.2, 0.25) is 0 Å². The summed E-state index contributed by atoms with van der Waals surface area (Å²) in [7, 11) is 0. The molecule has 0 aliphatic carbocycles. The second-order valence-corrected chi connectivity index (χ2v) is 4.86. The molecule has 0 unspecified atom stereocenters. The molecule has 0 spiro atoms. The standard InChI is InChI=1S/C17H14N2O2/c1-12-5-6-14(10-18-12)8-7-13-3-2-4-15(9-13)16-11-21-17(20)19-16/h2-6,9-10,16H,11H2,1H3,(H,19,20)/t16-/m0/s1. The highest BCUT2D eigenvalue weighted by atomic mass is 16.6. The lowest BCUT2D eigenvalue weighted by Gasteiger charge is -2.07. The van der Waals surface area contributed by atoms with Crippen LogP contribution in [0.15, 0.2) is 42.6 Å². The zero-order valence-electron chi connectivity index (χ0n) is 11.6. The van der Waals surface area contributed by atoms with Gasteiger partial charge < -0.3 is 10.1 Å². The van der Waals surface area contributed by atoms with E-state index in [-0.39, 0.29) is 12.1 Å². The molecule has 1 saturated heterocycles. The Hall–Kier alpha value is -2.80. The summed E-state index contributed by atoms with van der Waals surface area (Å²) in [5.41, 5.74) is 3.74. The average Bonchev–Trinajstić information content (AvgIpc) is 2.94. The third kappa shape index (κ3) is 3.21. The molecule has 1 aliphatic heterocycles. The molecule has 1 N–H and O–H groups in total. The van der Waals surface area contributed by atoms with Gasteiger partial charge in [-0.25, -0.2) is 4.79 Å². The number of benzene rings is 1. The summed E-state index contributed by atoms with van der Waals surface area (Å²) in [5, 5.41) is 2.76. The second kappa shape index (κ2) is 5.68. The van der Waals surface area contributed by atoms with Crippen LogP contribution >= 0.6 is 0 Å². The predicted molar refractivity (Wildman–Crippen MR) is 78.6 cm³/mol. The van der Waals surface area contributed by atoms with Gasteiger partial charge >= 0.3 is 6.09 Å². The van der Waals surface area contributed by atoms with E-state index in [1.807, 2.05) is 43.3 Å². The van der Waals surface area contributed by atoms with Crippen molar-refractivity contribution in [3.05, 3.63) is 65.0 Å². The van der Waals surface area contributed by atoms with Gasteiger partial charge in [0.05, 0.1) is 6.04 Å². The number of aryl methyl sites for hydroxylation is 1. The van der Waals surface area contributed by atoms with Crippen molar-refractivity contribution in [3.8, 4) is 11.8 Å². The van der Waals surface area contributed by atoms with Gasteiger partial charge in [-0.3, -0.25) is 4.98 Å². The Kier molecular flexibility index (Phi) is 3.57. The van der Waals surface area contributed by atoms with E-state index in [4.69, 9.17) is 4.74 Å². The lowest BCUT2D eigenvalue weighted by Crippen LogP contribution is -2.18. The number of hydrogen-bond donors (Lipinski definition) is 1. The van der Waals surface area contributed by atoms with Gasteiger partial charge in [-0.05, 0) is 36.8 Å². The van der Waals surface area contributed by atoms with Gasteiger partial charge in [-0.1, -0.05) is 24.0 Å². The van der Waals surface area contributed by atoms with Crippen molar-refractivity contribution >= 4 is 6.09 Å². The number of carbonyl (C=O) groups excluding carboxylic acids is 1. The van der Waals surface area contributed by atoms with E-state index in [1.54, 1.807) is 6.20 Å². The SMILES string of the molecule is Cc1ccc(C#Cc2cccc([C@@H]3COC(=O)N3)c2)cn1. The van der Waals surface area contributed by atoms with E-state index in [0.29, 0.717) is 6.61 Å². The molecule has 4 nitrogen and oxygen atoms in total. The van der Waals surface area contributed by atoms with Gasteiger partial charge in [0.25, 0.3) is 0 Å². The summed E-state index contributed by atoms with van der Waals surface area (Å²) in [5.74, 6) is 6.20. The molecule has 2 heterocycles. The van der Waals surface area contributed by atoms with Crippen LogP contribution in [0.25, 0.3) is 0 Å². The van der Waals surface area contributed by atoms with Gasteiger partial charge in [0.1, 0.15) is 6.61 Å². The molecule has 1 fully saturated rings. The minimum Gasteiger partial charge on any atom is -0.447 e. The van der Waals surface area contributed by atoms with E-state index in [9.17, 15) is 4.79 Å². The lowest BCUT2D eigenvalue weighted by atomic mass is 10.0. The van der Waals surface area contributed by atoms with Gasteiger partial charge in [0.2, 0.25) is 0 Å². The van der Waals surface area contributed by atoms with Crippen molar-refractivity contribution in [3.63, 3.8) is 0 Å². The number of ether oxygens (including phenoxy) is 1. The molecule has 1 atom stereocenters. The van der Waals surface area contributed by atoms with Crippen LogP contribution in [-0.4, -0.2) is 17.7 Å². The minimum absolute atomic E-state index is 0.0970. The van der Waals surface area contributed by atoms with Crippen molar-refractivity contribution in [2.24, 2.45) is 0 Å². The molecular weight excluding hydrogens is 264 g/mol. The fraction of sp³-hybridized carbons (Fsp3) is 0.176. The first-order chi connectivity index (χ1) is 10.2. The van der Waals surface area contributed by atoms with Crippen molar-refractivity contribution in [1.82, 2.24) is 10.3 Å². The first-order valence-corrected chi connectivity index (χ1v) is 6.69. The molecule has 1 amide bonds. The molecule has 1 aromatic heterocycles. The summed E-state index contributed by atoms with van der Waals surface area (Å²) in [6.45, 7) is 2.30. The van der Waals surface area contributed by atoms with Crippen LogP contribution in [0.3, 0.4) is 0 Å². The third-order valence-corrected chi connectivity index (χ3v) is 3.22. The van der Waals surface area contributed by atoms with Crippen LogP contribution in [-0.2, 0) is 4.74 Å². The number of rotatable bonds is 1. The summed E-state index contributed by atoms with van der Waals surface area (Å²) < 4.78 is 4.91. The topological polar surface area (TPSA) is 51.2 Å². The molecule has 1 aliphatic rings. The molecule has 2 aromatic rings. The number of alkyl carbamates (subject to hydrolysis) is 1. The van der Waals surface area contributed by atoms with E-state index in [2.05, 4.69) is 22.1 Å². The van der Waals surface area contributed by atoms with Crippen LogP contribution in [0.4, 0.5) is 4.79 Å². The Balaban J connectivity index is 1.80. The Morgan fingerprint density at radius 2 is 2.10 bits per heavy atom. The van der Waals surface area contributed by atoms with Crippen molar-refractivity contribution in [2.75, 3.05) is 6.61 Å². The molecule has 21 heavy (non-hydrogen) atoms. The summed E-state index contributed by atoms with van der Waals surface area (Å²) in [6.07, 6.45) is 1.39. The zero-order chi connectivity index (χ0) is 14.7. The van der Waals surface area contributed by atoms with E-state index < -0.39 is 0 Å². The van der Waals surface area contributed by atoms with Crippen LogP contribution in [0, 0.1) is 18.8 Å². The number of pyridine rings is 1. The Morgan fingerprint density at radius 1 is 1.24 bits per heavy atom. The summed E-state index contributed by atoms with van der Waals surface area (Å²) >= 11 is 0. The largest absolute Gasteiger partial charge is 0.447 e. The number of amides is 1. The van der Waals surface area contributed by atoms with Crippen molar-refractivity contribution in [2.45, 2.75) is 13.0 Å². The molecule has 0 bridgehead atoms. The van der Waals surface area contributed by atoms with E-state index in [0.717, 1.165) is 22.4 Å². The first-order valence-electron chi connectivity index (χ1n) is 6.69. The first kappa shape index (κ1) is 13.2. The fourth-order valence-electron chi connectivity index (χ4n) is 2.08. The number of aromatic nitrogens is 1. The number of carbonyl (C=O) groups is 1. The van der Waals surface area contributed by atoms with Gasteiger partial charge in [0.15, 0.2) is 0 Å². The highest BCUT2D eigenvalue weighted by molar-refractivity contribution is 5.70. The van der Waals surface area contributed by atoms with Gasteiger partial charge in [-0.2, -0.15) is 0 Å². The smallest absolute Gasteiger partial charge is 0.407 e. The van der Waals surface area contributed by atoms with Crippen molar-refractivity contribution < 1.29 is 9.53 Å². The number of cyclic esters (lactones) is 1. The third-order valence-electron chi connectivity index (χ3n) is 3.22. The molecule has 0 radical (unpaired) electrons. The van der Waals surface area contributed by atoms with Crippen LogP contribution < -0.4 is 5.32 Å². The summed E-state index contributed by atoms with van der Waals surface area (Å²) in [6, 6.07) is 11.6. The number of nitrogens with zero attached hydrogens (tertiary/aromatic N) is 1. The zero-order valence-corrected chi connectivity index (χ0v) is 11.6. The van der Waals surface area contributed by atoms with Gasteiger partial charge in [-0.15, -0.1) is 0 Å². The minimum atomic E-state index is -0.373. The Morgan fingerprint density at radius 3 is 2.81 bits per heavy atom. The lowest BCUT2D eigenvalue weighted by molar-refractivity contribution is 0.177. The van der Waals surface area contributed by atoms with E-state index >= 15 is 0 Å². The maximum atomic E-state index is 11.1. The number of hydrogen-bond acceptors (Lipinski definition) is 3. The monoisotopic (exact) mass is 278 g/mol. The van der Waals surface area contributed by atoms with Gasteiger partial charge in [0, 0.05) is 23.0 Å². The molecule has 1 aromatic carbocycles. The normalized spacial score (nSPS) is 16.6. The maximum Gasteiger partial charge on any atom is 0.407 e. The predicted octanol–water partition coefficient (Wildman–Crippen LogP) is 2.57. The van der Waals surface area contributed by atoms with Crippen LogP contribution in [0.1, 0.15) is 28.4 Å². The molecule has 104 valence electrons. The molecule has 0 saturated carbocycles. The summed E-state index contributed by atoms with van der Waals surface area (Å²) in [4.78, 5) is 15.3. The quantitative estimate of drug-likeness (QED) is 0.816. The Bertz CT molecular complexity index is 726. The molecule has 3 rings (SSSR count). The number of nitrogens with one attached hydrogen (secondary N) is 1. The Labute approximate surface area is 123 Å². The molecule has 4 heteroatoms. The fourth-order valence-corrected chi connectivity index (χ4v) is 2.08. The second-order valence-electron chi connectivity index (χ2n) is 4.86. The highest BCUT2D eigenvalue weighted by Crippen LogP contribution is 2.18. The van der Waals surface area contributed by atoms with Crippen molar-refractivity contribution in [1.29, 1.82) is 0 Å². The maximum absolute atomic E-state index is 11.1. The highest BCUT2D eigenvalue weighted by Gasteiger charge is 2.23. The van der Waals surface area contributed by atoms with Crippen LogP contribution in [0.5, 0.6) is 0 Å².